The van der Waals surface area contributed by atoms with E-state index < -0.39 is 0 Å². The molecule has 2 aliphatic rings. The Kier molecular flexibility index (Phi) is 4.45. The molecule has 1 N–H and O–H groups in total. The predicted octanol–water partition coefficient (Wildman–Crippen LogP) is 3.95. The Morgan fingerprint density at radius 2 is 1.93 bits per heavy atom. The molecule has 0 unspecified atom stereocenters. The van der Waals surface area contributed by atoms with E-state index in [1.165, 1.54) is 25.0 Å². The van der Waals surface area contributed by atoms with E-state index in [1.54, 1.807) is 12.1 Å². The van der Waals surface area contributed by atoms with Crippen molar-refractivity contribution in [3.63, 3.8) is 0 Å². The predicted molar refractivity (Wildman–Crippen MR) is 108 cm³/mol. The third-order valence-corrected chi connectivity index (χ3v) is 5.66. The first-order chi connectivity index (χ1) is 14.0. The van der Waals surface area contributed by atoms with Crippen molar-refractivity contribution in [3.05, 3.63) is 53.4 Å². The van der Waals surface area contributed by atoms with Crippen LogP contribution in [0.3, 0.4) is 0 Å². The van der Waals surface area contributed by atoms with Gasteiger partial charge in [0.25, 0.3) is 5.91 Å². The van der Waals surface area contributed by atoms with E-state index >= 15 is 0 Å². The number of nitrogens with one attached hydrogen (secondary N) is 1. The number of piperidine rings is 1. The summed E-state index contributed by atoms with van der Waals surface area (Å²) in [6.07, 6.45) is 4.04. The van der Waals surface area contributed by atoms with Gasteiger partial charge in [0.2, 0.25) is 0 Å². The number of carbonyl (C=O) groups excluding carboxylic acids is 1. The van der Waals surface area contributed by atoms with Crippen molar-refractivity contribution < 1.29 is 13.6 Å². The van der Waals surface area contributed by atoms with Crippen molar-refractivity contribution >= 4 is 22.7 Å². The molecule has 1 aliphatic carbocycles. The topological polar surface area (TPSA) is 71.3 Å². The quantitative estimate of drug-likeness (QED) is 0.726. The first-order valence-corrected chi connectivity index (χ1v) is 10.2. The molecule has 29 heavy (non-hydrogen) atoms. The summed E-state index contributed by atoms with van der Waals surface area (Å²) < 4.78 is 18.9. The zero-order chi connectivity index (χ0) is 20.0. The molecule has 1 saturated carbocycles. The number of hydrogen-bond donors (Lipinski definition) is 1. The molecule has 3 heterocycles. The summed E-state index contributed by atoms with van der Waals surface area (Å²) in [7, 11) is 0. The average molecular weight is 394 g/mol. The van der Waals surface area contributed by atoms with E-state index in [-0.39, 0.29) is 23.5 Å². The van der Waals surface area contributed by atoms with Crippen LogP contribution in [0.2, 0.25) is 0 Å². The summed E-state index contributed by atoms with van der Waals surface area (Å²) in [5.74, 6) is 2.10. The van der Waals surface area contributed by atoms with Crippen molar-refractivity contribution in [1.82, 2.24) is 15.3 Å². The fourth-order valence-electron chi connectivity index (χ4n) is 3.90. The maximum absolute atomic E-state index is 13.3. The summed E-state index contributed by atoms with van der Waals surface area (Å²) in [6, 6.07) is 7.94. The Hall–Kier alpha value is -2.96. The smallest absolute Gasteiger partial charge is 0.287 e. The number of carbonyl (C=O) groups is 1. The number of aromatic nitrogens is 2. The van der Waals surface area contributed by atoms with Crippen LogP contribution in [0.15, 0.2) is 34.7 Å². The second-order valence-electron chi connectivity index (χ2n) is 8.03. The molecule has 3 aromatic rings. The maximum Gasteiger partial charge on any atom is 0.287 e. The van der Waals surface area contributed by atoms with Crippen LogP contribution in [-0.4, -0.2) is 35.0 Å². The number of amides is 1. The maximum atomic E-state index is 13.3. The molecular weight excluding hydrogens is 371 g/mol. The van der Waals surface area contributed by atoms with Gasteiger partial charge in [0.1, 0.15) is 23.0 Å². The average Bonchev–Trinajstić information content (AvgIpc) is 3.47. The van der Waals surface area contributed by atoms with Gasteiger partial charge in [-0.3, -0.25) is 4.79 Å². The van der Waals surface area contributed by atoms with Gasteiger partial charge in [-0.15, -0.1) is 0 Å². The molecule has 1 aromatic carbocycles. The van der Waals surface area contributed by atoms with E-state index in [9.17, 15) is 9.18 Å². The third-order valence-electron chi connectivity index (χ3n) is 5.66. The van der Waals surface area contributed by atoms with Crippen LogP contribution in [0.5, 0.6) is 0 Å². The second-order valence-corrected chi connectivity index (χ2v) is 8.03. The second kappa shape index (κ2) is 7.13. The minimum atomic E-state index is -0.345. The van der Waals surface area contributed by atoms with Crippen LogP contribution < -0.4 is 10.2 Å². The number of fused-ring (bicyclic) bond motifs is 1. The van der Waals surface area contributed by atoms with Crippen molar-refractivity contribution in [2.45, 2.75) is 44.6 Å². The fraction of sp³-hybridized carbons (Fsp3) is 0.409. The highest BCUT2D eigenvalue weighted by molar-refractivity contribution is 5.96. The summed E-state index contributed by atoms with van der Waals surface area (Å²) in [6.45, 7) is 3.68. The molecule has 2 aromatic heterocycles. The van der Waals surface area contributed by atoms with E-state index in [4.69, 9.17) is 9.40 Å². The molecule has 2 fully saturated rings. The molecule has 0 atom stereocenters. The number of rotatable bonds is 4. The van der Waals surface area contributed by atoms with Crippen LogP contribution >= 0.6 is 0 Å². The standard InChI is InChI=1S/C22H23FN4O2/c1-13-10-20(26-21(24-13)14-2-3-14)27-8-6-17(7-9-27)25-22(28)19-12-15-11-16(23)4-5-18(15)29-19/h4-5,10-12,14,17H,2-3,6-9H2,1H3,(H,25,28). The number of halogens is 1. The molecule has 150 valence electrons. The Morgan fingerprint density at radius 3 is 2.69 bits per heavy atom. The van der Waals surface area contributed by atoms with Crippen LogP contribution in [0.25, 0.3) is 11.0 Å². The summed E-state index contributed by atoms with van der Waals surface area (Å²) in [4.78, 5) is 24.2. The zero-order valence-corrected chi connectivity index (χ0v) is 16.3. The normalized spacial score (nSPS) is 17.7. The number of hydrogen-bond acceptors (Lipinski definition) is 5. The molecule has 1 amide bonds. The fourth-order valence-corrected chi connectivity index (χ4v) is 3.90. The van der Waals surface area contributed by atoms with Gasteiger partial charge in [0.15, 0.2) is 5.76 Å². The van der Waals surface area contributed by atoms with Gasteiger partial charge < -0.3 is 14.6 Å². The number of benzene rings is 1. The molecule has 5 rings (SSSR count). The third kappa shape index (κ3) is 3.81. The molecule has 0 bridgehead atoms. The monoisotopic (exact) mass is 394 g/mol. The number of nitrogens with zero attached hydrogens (tertiary/aromatic N) is 3. The Morgan fingerprint density at radius 1 is 1.14 bits per heavy atom. The highest BCUT2D eigenvalue weighted by Crippen LogP contribution is 2.38. The Bertz CT molecular complexity index is 1070. The minimum Gasteiger partial charge on any atom is -0.451 e. The van der Waals surface area contributed by atoms with Crippen molar-refractivity contribution in [2.75, 3.05) is 18.0 Å². The minimum absolute atomic E-state index is 0.0783. The van der Waals surface area contributed by atoms with Crippen molar-refractivity contribution in [3.8, 4) is 0 Å². The van der Waals surface area contributed by atoms with Crippen molar-refractivity contribution in [1.29, 1.82) is 0 Å². The van der Waals surface area contributed by atoms with Crippen LogP contribution in [0.4, 0.5) is 10.2 Å². The summed E-state index contributed by atoms with van der Waals surface area (Å²) in [5.41, 5.74) is 1.52. The van der Waals surface area contributed by atoms with Gasteiger partial charge in [-0.25, -0.2) is 14.4 Å². The first-order valence-electron chi connectivity index (χ1n) is 10.2. The lowest BCUT2D eigenvalue weighted by Gasteiger charge is -2.33. The lowest BCUT2D eigenvalue weighted by atomic mass is 10.0. The van der Waals surface area contributed by atoms with Crippen LogP contribution in [0, 0.1) is 12.7 Å². The van der Waals surface area contributed by atoms with Crippen LogP contribution in [-0.2, 0) is 0 Å². The zero-order valence-electron chi connectivity index (χ0n) is 16.3. The molecule has 1 aliphatic heterocycles. The van der Waals surface area contributed by atoms with E-state index in [1.807, 2.05) is 13.0 Å². The number of aryl methyl sites for hydroxylation is 1. The number of furan rings is 1. The van der Waals surface area contributed by atoms with Crippen molar-refractivity contribution in [2.24, 2.45) is 0 Å². The molecule has 0 spiro atoms. The highest BCUT2D eigenvalue weighted by Gasteiger charge is 2.29. The van der Waals surface area contributed by atoms with Gasteiger partial charge >= 0.3 is 0 Å². The Labute approximate surface area is 168 Å². The van der Waals surface area contributed by atoms with E-state index in [0.717, 1.165) is 43.3 Å². The lowest BCUT2D eigenvalue weighted by molar-refractivity contribution is 0.0905. The van der Waals surface area contributed by atoms with Gasteiger partial charge in [0.05, 0.1) is 0 Å². The Balaban J connectivity index is 1.22. The molecule has 7 heteroatoms. The highest BCUT2D eigenvalue weighted by atomic mass is 19.1. The molecular formula is C22H23FN4O2. The van der Waals surface area contributed by atoms with Crippen LogP contribution in [0.1, 0.15) is 53.7 Å². The molecule has 6 nitrogen and oxygen atoms in total. The van der Waals surface area contributed by atoms with Gasteiger partial charge in [-0.1, -0.05) is 0 Å². The molecule has 1 saturated heterocycles. The SMILES string of the molecule is Cc1cc(N2CCC(NC(=O)c3cc4cc(F)ccc4o3)CC2)nc(C2CC2)n1. The van der Waals surface area contributed by atoms with Gasteiger partial charge in [0, 0.05) is 42.2 Å². The lowest BCUT2D eigenvalue weighted by Crippen LogP contribution is -2.45. The van der Waals surface area contributed by atoms with Gasteiger partial charge in [-0.05, 0) is 56.9 Å². The summed E-state index contributed by atoms with van der Waals surface area (Å²) >= 11 is 0. The van der Waals surface area contributed by atoms with E-state index in [2.05, 4.69) is 15.2 Å². The number of anilines is 1. The van der Waals surface area contributed by atoms with Gasteiger partial charge in [-0.2, -0.15) is 0 Å². The van der Waals surface area contributed by atoms with E-state index in [0.29, 0.717) is 16.9 Å². The first kappa shape index (κ1) is 18.1. The molecule has 0 radical (unpaired) electrons. The largest absolute Gasteiger partial charge is 0.451 e. The summed E-state index contributed by atoms with van der Waals surface area (Å²) in [5, 5.41) is 3.64.